The van der Waals surface area contributed by atoms with E-state index < -0.39 is 5.60 Å². The van der Waals surface area contributed by atoms with Gasteiger partial charge in [-0.1, -0.05) is 0 Å². The summed E-state index contributed by atoms with van der Waals surface area (Å²) >= 11 is 0. The van der Waals surface area contributed by atoms with Gasteiger partial charge in [0.15, 0.2) is 0 Å². The molecule has 1 saturated carbocycles. The smallest absolute Gasteiger partial charge is 0.407 e. The van der Waals surface area contributed by atoms with Crippen LogP contribution < -0.4 is 10.6 Å². The first-order valence-corrected chi connectivity index (χ1v) is 7.37. The van der Waals surface area contributed by atoms with Crippen molar-refractivity contribution in [3.05, 3.63) is 24.3 Å². The van der Waals surface area contributed by atoms with Crippen molar-refractivity contribution in [1.82, 2.24) is 5.32 Å². The van der Waals surface area contributed by atoms with E-state index in [1.165, 1.54) is 0 Å². The Morgan fingerprint density at radius 2 is 1.81 bits per heavy atom. The lowest BCUT2D eigenvalue weighted by molar-refractivity contribution is 0.0505. The summed E-state index contributed by atoms with van der Waals surface area (Å²) in [4.78, 5) is 11.7. The van der Waals surface area contributed by atoms with Crippen LogP contribution in [-0.4, -0.2) is 28.9 Å². The number of benzene rings is 1. The van der Waals surface area contributed by atoms with Crippen molar-refractivity contribution in [2.45, 2.75) is 57.7 Å². The van der Waals surface area contributed by atoms with Crippen LogP contribution in [0.25, 0.3) is 0 Å². The Kier molecular flexibility index (Phi) is 4.60. The van der Waals surface area contributed by atoms with Crippen LogP contribution in [0.1, 0.15) is 40.0 Å². The number of alkyl carbamates (subject to hydrolysis) is 1. The number of rotatable bonds is 3. The minimum absolute atomic E-state index is 0.148. The number of phenolic OH excluding ortho intramolecular Hbond substituents is 1. The van der Waals surface area contributed by atoms with Crippen molar-refractivity contribution >= 4 is 11.8 Å². The van der Waals surface area contributed by atoms with Gasteiger partial charge in [0.25, 0.3) is 0 Å². The molecule has 1 fully saturated rings. The number of amides is 1. The summed E-state index contributed by atoms with van der Waals surface area (Å²) in [5, 5.41) is 15.6. The number of nitrogens with one attached hydrogen (secondary N) is 2. The van der Waals surface area contributed by atoms with Crippen LogP contribution in [0.4, 0.5) is 10.5 Å². The summed E-state index contributed by atoms with van der Waals surface area (Å²) in [6.07, 6.45) is 2.47. The summed E-state index contributed by atoms with van der Waals surface area (Å²) in [5.74, 6) is 0.261. The zero-order chi connectivity index (χ0) is 15.5. The summed E-state index contributed by atoms with van der Waals surface area (Å²) < 4.78 is 5.27. The van der Waals surface area contributed by atoms with Gasteiger partial charge in [-0.2, -0.15) is 0 Å². The SMILES string of the molecule is CC(C)(C)OC(=O)NC1CCC(Nc2ccc(O)cc2)C1. The van der Waals surface area contributed by atoms with E-state index in [-0.39, 0.29) is 17.9 Å². The third-order valence-corrected chi connectivity index (χ3v) is 3.39. The summed E-state index contributed by atoms with van der Waals surface area (Å²) in [6, 6.07) is 7.50. The lowest BCUT2D eigenvalue weighted by Gasteiger charge is -2.22. The molecule has 0 aliphatic heterocycles. The quantitative estimate of drug-likeness (QED) is 0.748. The molecule has 1 aromatic carbocycles. The van der Waals surface area contributed by atoms with E-state index in [1.54, 1.807) is 12.1 Å². The van der Waals surface area contributed by atoms with Crippen molar-refractivity contribution in [2.75, 3.05) is 5.32 Å². The van der Waals surface area contributed by atoms with Crippen LogP contribution in [0.5, 0.6) is 5.75 Å². The number of aromatic hydroxyl groups is 1. The fraction of sp³-hybridized carbons (Fsp3) is 0.562. The minimum Gasteiger partial charge on any atom is -0.508 e. The number of ether oxygens (including phenoxy) is 1. The lowest BCUT2D eigenvalue weighted by Crippen LogP contribution is -2.38. The number of hydrogen-bond acceptors (Lipinski definition) is 4. The monoisotopic (exact) mass is 292 g/mol. The molecule has 5 nitrogen and oxygen atoms in total. The Morgan fingerprint density at radius 1 is 1.19 bits per heavy atom. The third-order valence-electron chi connectivity index (χ3n) is 3.39. The Labute approximate surface area is 125 Å². The Hall–Kier alpha value is -1.91. The van der Waals surface area contributed by atoms with Crippen LogP contribution in [-0.2, 0) is 4.74 Å². The fourth-order valence-corrected chi connectivity index (χ4v) is 2.51. The molecule has 116 valence electrons. The molecule has 0 saturated heterocycles. The number of carbonyl (C=O) groups is 1. The van der Waals surface area contributed by atoms with Crippen LogP contribution in [0.15, 0.2) is 24.3 Å². The second-order valence-corrected chi connectivity index (χ2v) is 6.54. The maximum absolute atomic E-state index is 11.7. The zero-order valence-corrected chi connectivity index (χ0v) is 12.8. The first kappa shape index (κ1) is 15.5. The molecular formula is C16H24N2O3. The summed E-state index contributed by atoms with van der Waals surface area (Å²) in [5.41, 5.74) is 0.516. The van der Waals surface area contributed by atoms with Gasteiger partial charge in [0.05, 0.1) is 0 Å². The minimum atomic E-state index is -0.466. The highest BCUT2D eigenvalue weighted by Gasteiger charge is 2.27. The summed E-state index contributed by atoms with van der Waals surface area (Å²) in [7, 11) is 0. The topological polar surface area (TPSA) is 70.6 Å². The van der Waals surface area contributed by atoms with Gasteiger partial charge in [-0.15, -0.1) is 0 Å². The second-order valence-electron chi connectivity index (χ2n) is 6.54. The van der Waals surface area contributed by atoms with Crippen LogP contribution in [0.3, 0.4) is 0 Å². The van der Waals surface area contributed by atoms with Crippen molar-refractivity contribution in [2.24, 2.45) is 0 Å². The highest BCUT2D eigenvalue weighted by Crippen LogP contribution is 2.24. The lowest BCUT2D eigenvalue weighted by atomic mass is 10.2. The Morgan fingerprint density at radius 3 is 2.43 bits per heavy atom. The van der Waals surface area contributed by atoms with Gasteiger partial charge in [-0.05, 0) is 64.3 Å². The normalized spacial score (nSPS) is 21.9. The molecule has 1 aliphatic carbocycles. The first-order valence-electron chi connectivity index (χ1n) is 7.37. The fourth-order valence-electron chi connectivity index (χ4n) is 2.51. The average Bonchev–Trinajstić information content (AvgIpc) is 2.77. The third kappa shape index (κ3) is 5.17. The molecule has 0 bridgehead atoms. The van der Waals surface area contributed by atoms with Crippen LogP contribution in [0, 0.1) is 0 Å². The van der Waals surface area contributed by atoms with Gasteiger partial charge < -0.3 is 20.5 Å². The summed E-state index contributed by atoms with van der Waals surface area (Å²) in [6.45, 7) is 5.57. The van der Waals surface area contributed by atoms with Gasteiger partial charge in [0.1, 0.15) is 11.4 Å². The highest BCUT2D eigenvalue weighted by molar-refractivity contribution is 5.68. The van der Waals surface area contributed by atoms with Crippen molar-refractivity contribution in [3.63, 3.8) is 0 Å². The van der Waals surface area contributed by atoms with Crippen LogP contribution in [0.2, 0.25) is 0 Å². The number of hydrogen-bond donors (Lipinski definition) is 3. The molecule has 1 aliphatic rings. The molecule has 0 aromatic heterocycles. The average molecular weight is 292 g/mol. The van der Waals surface area contributed by atoms with Crippen molar-refractivity contribution in [3.8, 4) is 5.75 Å². The predicted molar refractivity (Wildman–Crippen MR) is 82.5 cm³/mol. The van der Waals surface area contributed by atoms with Gasteiger partial charge in [-0.25, -0.2) is 4.79 Å². The standard InChI is InChI=1S/C16H24N2O3/c1-16(2,3)21-15(20)18-13-5-4-12(10-13)17-11-6-8-14(19)9-7-11/h6-9,12-13,17,19H,4-5,10H2,1-3H3,(H,18,20). The Bertz CT molecular complexity index is 479. The van der Waals surface area contributed by atoms with Crippen molar-refractivity contribution < 1.29 is 14.6 Å². The molecule has 0 radical (unpaired) electrons. The molecule has 2 unspecified atom stereocenters. The van der Waals surface area contributed by atoms with Crippen LogP contribution >= 0.6 is 0 Å². The van der Waals surface area contributed by atoms with Gasteiger partial charge in [0, 0.05) is 17.8 Å². The zero-order valence-electron chi connectivity index (χ0n) is 12.8. The van der Waals surface area contributed by atoms with Crippen molar-refractivity contribution in [1.29, 1.82) is 0 Å². The number of phenols is 1. The molecule has 0 heterocycles. The molecular weight excluding hydrogens is 268 g/mol. The highest BCUT2D eigenvalue weighted by atomic mass is 16.6. The van der Waals surface area contributed by atoms with E-state index >= 15 is 0 Å². The number of anilines is 1. The maximum atomic E-state index is 11.7. The van der Waals surface area contributed by atoms with Gasteiger partial charge >= 0.3 is 6.09 Å². The molecule has 5 heteroatoms. The Balaban J connectivity index is 1.78. The molecule has 3 N–H and O–H groups in total. The van der Waals surface area contributed by atoms with Gasteiger partial charge in [-0.3, -0.25) is 0 Å². The predicted octanol–water partition coefficient (Wildman–Crippen LogP) is 3.25. The molecule has 21 heavy (non-hydrogen) atoms. The molecule has 2 atom stereocenters. The number of carbonyl (C=O) groups excluding carboxylic acids is 1. The van der Waals surface area contributed by atoms with E-state index in [1.807, 2.05) is 32.9 Å². The molecule has 0 spiro atoms. The molecule has 1 amide bonds. The van der Waals surface area contributed by atoms with E-state index in [4.69, 9.17) is 4.74 Å². The molecule has 2 rings (SSSR count). The van der Waals surface area contributed by atoms with E-state index in [0.29, 0.717) is 6.04 Å². The molecule has 1 aromatic rings. The largest absolute Gasteiger partial charge is 0.508 e. The maximum Gasteiger partial charge on any atom is 0.407 e. The van der Waals surface area contributed by atoms with E-state index in [0.717, 1.165) is 24.9 Å². The van der Waals surface area contributed by atoms with E-state index in [2.05, 4.69) is 10.6 Å². The van der Waals surface area contributed by atoms with Gasteiger partial charge in [0.2, 0.25) is 0 Å². The first-order chi connectivity index (χ1) is 9.82. The second kappa shape index (κ2) is 6.24. The van der Waals surface area contributed by atoms with E-state index in [9.17, 15) is 9.90 Å².